The van der Waals surface area contributed by atoms with Crippen LogP contribution in [0.4, 0.5) is 5.69 Å². The normalized spacial score (nSPS) is 11.1. The summed E-state index contributed by atoms with van der Waals surface area (Å²) in [6.45, 7) is 5.18. The van der Waals surface area contributed by atoms with E-state index in [-0.39, 0.29) is 0 Å². The number of imidazole rings is 1. The van der Waals surface area contributed by atoms with Crippen LogP contribution in [-0.2, 0) is 6.54 Å². The smallest absolute Gasteiger partial charge is 0.143 e. The van der Waals surface area contributed by atoms with Crippen molar-refractivity contribution < 1.29 is 0 Å². The minimum absolute atomic E-state index is 0.664. The van der Waals surface area contributed by atoms with Crippen LogP contribution in [0.5, 0.6) is 0 Å². The van der Waals surface area contributed by atoms with Crippen LogP contribution in [-0.4, -0.2) is 14.5 Å². The van der Waals surface area contributed by atoms with E-state index in [1.807, 2.05) is 6.07 Å². The molecule has 0 aliphatic carbocycles. The minimum Gasteiger partial charge on any atom is -0.397 e. The van der Waals surface area contributed by atoms with Gasteiger partial charge in [-0.3, -0.25) is 4.98 Å². The highest BCUT2D eigenvalue weighted by Crippen LogP contribution is 2.28. The molecule has 1 aromatic carbocycles. The van der Waals surface area contributed by atoms with Gasteiger partial charge in [0.25, 0.3) is 0 Å². The summed E-state index contributed by atoms with van der Waals surface area (Å²) in [7, 11) is 0. The highest BCUT2D eigenvalue weighted by Gasteiger charge is 2.14. The number of hydrogen-bond donors (Lipinski definition) is 1. The SMILES string of the molecule is CCCn1c(-c2ccncc2N)nc2cc(C)ccc21. The zero-order valence-electron chi connectivity index (χ0n) is 11.8. The number of aromatic nitrogens is 3. The van der Waals surface area contributed by atoms with E-state index in [9.17, 15) is 0 Å². The molecule has 0 saturated carbocycles. The van der Waals surface area contributed by atoms with Gasteiger partial charge in [0.05, 0.1) is 22.9 Å². The van der Waals surface area contributed by atoms with Gasteiger partial charge in [-0.2, -0.15) is 0 Å². The lowest BCUT2D eigenvalue weighted by molar-refractivity contribution is 0.704. The second-order valence-electron chi connectivity index (χ2n) is 5.04. The van der Waals surface area contributed by atoms with Crippen LogP contribution < -0.4 is 5.73 Å². The van der Waals surface area contributed by atoms with Gasteiger partial charge in [0.1, 0.15) is 5.82 Å². The van der Waals surface area contributed by atoms with Crippen molar-refractivity contribution in [2.45, 2.75) is 26.8 Å². The molecule has 0 aliphatic heterocycles. The van der Waals surface area contributed by atoms with Crippen molar-refractivity contribution in [3.05, 3.63) is 42.2 Å². The molecule has 3 aromatic rings. The first kappa shape index (κ1) is 12.7. The Morgan fingerprint density at radius 3 is 2.85 bits per heavy atom. The number of fused-ring (bicyclic) bond motifs is 1. The predicted molar refractivity (Wildman–Crippen MR) is 82.4 cm³/mol. The number of nitrogen functional groups attached to an aromatic ring is 1. The van der Waals surface area contributed by atoms with Crippen molar-refractivity contribution in [2.75, 3.05) is 5.73 Å². The van der Waals surface area contributed by atoms with Crippen LogP contribution in [0.25, 0.3) is 22.4 Å². The molecule has 2 aromatic heterocycles. The third-order valence-electron chi connectivity index (χ3n) is 3.44. The molecule has 0 radical (unpaired) electrons. The van der Waals surface area contributed by atoms with Crippen LogP contribution in [0.3, 0.4) is 0 Å². The fourth-order valence-corrected chi connectivity index (χ4v) is 2.51. The Kier molecular flexibility index (Phi) is 3.14. The number of nitrogens with two attached hydrogens (primary N) is 1. The van der Waals surface area contributed by atoms with Crippen LogP contribution in [0, 0.1) is 6.92 Å². The van der Waals surface area contributed by atoms with Gasteiger partial charge >= 0.3 is 0 Å². The molecular weight excluding hydrogens is 248 g/mol. The lowest BCUT2D eigenvalue weighted by Crippen LogP contribution is -2.02. The molecule has 0 aliphatic rings. The number of benzene rings is 1. The number of hydrogen-bond acceptors (Lipinski definition) is 3. The van der Waals surface area contributed by atoms with Gasteiger partial charge in [-0.05, 0) is 37.1 Å². The highest BCUT2D eigenvalue weighted by molar-refractivity contribution is 5.83. The lowest BCUT2D eigenvalue weighted by atomic mass is 10.2. The molecule has 102 valence electrons. The van der Waals surface area contributed by atoms with Gasteiger partial charge in [-0.25, -0.2) is 4.98 Å². The van der Waals surface area contributed by atoms with E-state index in [1.165, 1.54) is 5.56 Å². The fraction of sp³-hybridized carbons (Fsp3) is 0.250. The van der Waals surface area contributed by atoms with Gasteiger partial charge < -0.3 is 10.3 Å². The summed E-state index contributed by atoms with van der Waals surface area (Å²) in [5.74, 6) is 0.923. The maximum absolute atomic E-state index is 6.05. The van der Waals surface area contributed by atoms with Crippen LogP contribution in [0.15, 0.2) is 36.7 Å². The van der Waals surface area contributed by atoms with E-state index < -0.39 is 0 Å². The van der Waals surface area contributed by atoms with Crippen LogP contribution in [0.2, 0.25) is 0 Å². The number of rotatable bonds is 3. The molecule has 0 saturated heterocycles. The average molecular weight is 266 g/mol. The van der Waals surface area contributed by atoms with Gasteiger partial charge in [-0.15, -0.1) is 0 Å². The Morgan fingerprint density at radius 1 is 1.25 bits per heavy atom. The highest BCUT2D eigenvalue weighted by atomic mass is 15.1. The third kappa shape index (κ3) is 2.03. The molecule has 4 heteroatoms. The standard InChI is InChI=1S/C16H18N4/c1-3-8-20-15-5-4-11(2)9-14(15)19-16(20)12-6-7-18-10-13(12)17/h4-7,9-10H,3,8,17H2,1-2H3. The molecule has 3 rings (SSSR count). The maximum atomic E-state index is 6.05. The number of aryl methyl sites for hydroxylation is 2. The van der Waals surface area contributed by atoms with Gasteiger partial charge in [0, 0.05) is 18.3 Å². The Labute approximate surface area is 118 Å². The summed E-state index contributed by atoms with van der Waals surface area (Å²) in [5, 5.41) is 0. The zero-order valence-corrected chi connectivity index (χ0v) is 11.8. The van der Waals surface area contributed by atoms with E-state index in [1.54, 1.807) is 12.4 Å². The molecule has 0 fully saturated rings. The quantitative estimate of drug-likeness (QED) is 0.790. The van der Waals surface area contributed by atoms with Crippen molar-refractivity contribution >= 4 is 16.7 Å². The van der Waals surface area contributed by atoms with Crippen molar-refractivity contribution in [3.8, 4) is 11.4 Å². The number of pyridine rings is 1. The lowest BCUT2D eigenvalue weighted by Gasteiger charge is -2.09. The van der Waals surface area contributed by atoms with E-state index >= 15 is 0 Å². The first-order valence-corrected chi connectivity index (χ1v) is 6.87. The zero-order chi connectivity index (χ0) is 14.1. The maximum Gasteiger partial charge on any atom is 0.143 e. The Morgan fingerprint density at radius 2 is 2.10 bits per heavy atom. The first-order valence-electron chi connectivity index (χ1n) is 6.87. The Balaban J connectivity index is 2.29. The molecular formula is C16H18N4. The summed E-state index contributed by atoms with van der Waals surface area (Å²) in [4.78, 5) is 8.83. The summed E-state index contributed by atoms with van der Waals surface area (Å²) in [6.07, 6.45) is 4.49. The molecule has 20 heavy (non-hydrogen) atoms. The van der Waals surface area contributed by atoms with E-state index in [0.29, 0.717) is 5.69 Å². The van der Waals surface area contributed by atoms with Gasteiger partial charge in [0.15, 0.2) is 0 Å². The molecule has 0 amide bonds. The molecule has 0 atom stereocenters. The Hall–Kier alpha value is -2.36. The van der Waals surface area contributed by atoms with Gasteiger partial charge in [-0.1, -0.05) is 13.0 Å². The van der Waals surface area contributed by atoms with Crippen molar-refractivity contribution in [1.29, 1.82) is 0 Å². The van der Waals surface area contributed by atoms with Crippen molar-refractivity contribution in [2.24, 2.45) is 0 Å². The third-order valence-corrected chi connectivity index (χ3v) is 3.44. The molecule has 0 spiro atoms. The number of anilines is 1. The van der Waals surface area contributed by atoms with Crippen molar-refractivity contribution in [3.63, 3.8) is 0 Å². The second kappa shape index (κ2) is 4.96. The summed E-state index contributed by atoms with van der Waals surface area (Å²) < 4.78 is 2.24. The van der Waals surface area contributed by atoms with Crippen LogP contribution in [0.1, 0.15) is 18.9 Å². The fourth-order valence-electron chi connectivity index (χ4n) is 2.51. The Bertz CT molecular complexity index is 758. The predicted octanol–water partition coefficient (Wildman–Crippen LogP) is 3.40. The molecule has 0 unspecified atom stereocenters. The minimum atomic E-state index is 0.664. The molecule has 4 nitrogen and oxygen atoms in total. The average Bonchev–Trinajstić information content (AvgIpc) is 2.77. The summed E-state index contributed by atoms with van der Waals surface area (Å²) in [6, 6.07) is 8.29. The topological polar surface area (TPSA) is 56.7 Å². The largest absolute Gasteiger partial charge is 0.397 e. The first-order chi connectivity index (χ1) is 9.70. The monoisotopic (exact) mass is 266 g/mol. The van der Waals surface area contributed by atoms with Crippen LogP contribution >= 0.6 is 0 Å². The van der Waals surface area contributed by atoms with Gasteiger partial charge in [0.2, 0.25) is 0 Å². The second-order valence-corrected chi connectivity index (χ2v) is 5.04. The summed E-state index contributed by atoms with van der Waals surface area (Å²) in [5.41, 5.74) is 11.1. The molecule has 2 heterocycles. The van der Waals surface area contributed by atoms with E-state index in [2.05, 4.69) is 41.6 Å². The van der Waals surface area contributed by atoms with E-state index in [4.69, 9.17) is 10.7 Å². The summed E-state index contributed by atoms with van der Waals surface area (Å²) >= 11 is 0. The molecule has 2 N–H and O–H groups in total. The number of nitrogens with zero attached hydrogens (tertiary/aromatic N) is 3. The van der Waals surface area contributed by atoms with E-state index in [0.717, 1.165) is 35.4 Å². The molecule has 0 bridgehead atoms. The van der Waals surface area contributed by atoms with Crippen molar-refractivity contribution in [1.82, 2.24) is 14.5 Å².